The van der Waals surface area contributed by atoms with Crippen molar-refractivity contribution in [2.24, 2.45) is 0 Å². The molecule has 0 aromatic heterocycles. The topological polar surface area (TPSA) is 90.3 Å². The minimum atomic E-state index is -0.752. The number of hydrogen-bond acceptors (Lipinski definition) is 6. The molecule has 7 nitrogen and oxygen atoms in total. The monoisotopic (exact) mass is 450 g/mol. The molecule has 1 fully saturated rings. The number of aromatic hydroxyl groups is 1. The summed E-state index contributed by atoms with van der Waals surface area (Å²) in [6.45, 7) is 10.6. The average molecular weight is 451 g/mol. The standard InChI is InChI=1S/C26H30N2O5/c1-4-17-33-21-13-9-19(10-14-21)24(30)22-23(18-7-11-20(29)12-8-18)28(26(32)25(22)31)16-15-27(5-2)6-3/h4,7-14,23,29-30H,1,5-6,15-17H2,2-3H3/b24-22+/t23-/m0/s1. The number of amides is 1. The first-order valence-corrected chi connectivity index (χ1v) is 11.0. The summed E-state index contributed by atoms with van der Waals surface area (Å²) >= 11 is 0. The first-order chi connectivity index (χ1) is 15.9. The van der Waals surface area contributed by atoms with Gasteiger partial charge in [-0.3, -0.25) is 9.59 Å². The van der Waals surface area contributed by atoms with Crippen LogP contribution in [0.25, 0.3) is 5.76 Å². The molecule has 0 spiro atoms. The number of phenols is 1. The molecule has 0 radical (unpaired) electrons. The van der Waals surface area contributed by atoms with Gasteiger partial charge in [-0.2, -0.15) is 0 Å². The zero-order chi connectivity index (χ0) is 24.0. The van der Waals surface area contributed by atoms with E-state index in [-0.39, 0.29) is 17.1 Å². The summed E-state index contributed by atoms with van der Waals surface area (Å²) in [4.78, 5) is 29.7. The zero-order valence-electron chi connectivity index (χ0n) is 19.0. The highest BCUT2D eigenvalue weighted by atomic mass is 16.5. The van der Waals surface area contributed by atoms with Crippen molar-refractivity contribution in [3.05, 3.63) is 77.9 Å². The Morgan fingerprint density at radius 1 is 1.09 bits per heavy atom. The molecule has 0 saturated carbocycles. The van der Waals surface area contributed by atoms with Gasteiger partial charge >= 0.3 is 0 Å². The Bertz CT molecular complexity index is 1020. The van der Waals surface area contributed by atoms with Gasteiger partial charge in [0.05, 0.1) is 11.6 Å². The van der Waals surface area contributed by atoms with Crippen molar-refractivity contribution in [2.75, 3.05) is 32.8 Å². The fraction of sp³-hybridized carbons (Fsp3) is 0.308. The van der Waals surface area contributed by atoms with Crippen LogP contribution in [0.4, 0.5) is 0 Å². The number of phenolic OH excluding ortho intramolecular Hbond substituents is 1. The number of hydrogen-bond donors (Lipinski definition) is 2. The molecule has 1 heterocycles. The first kappa shape index (κ1) is 24.1. The fourth-order valence-corrected chi connectivity index (χ4v) is 3.92. The summed E-state index contributed by atoms with van der Waals surface area (Å²) in [6.07, 6.45) is 1.63. The third-order valence-electron chi connectivity index (χ3n) is 5.80. The molecule has 2 aromatic rings. The van der Waals surface area contributed by atoms with Gasteiger partial charge in [0.25, 0.3) is 11.7 Å². The Morgan fingerprint density at radius 3 is 2.30 bits per heavy atom. The Hall–Kier alpha value is -3.58. The Morgan fingerprint density at radius 2 is 1.73 bits per heavy atom. The first-order valence-electron chi connectivity index (χ1n) is 11.0. The van der Waals surface area contributed by atoms with Crippen LogP contribution in [0.3, 0.4) is 0 Å². The van der Waals surface area contributed by atoms with Gasteiger partial charge < -0.3 is 24.7 Å². The summed E-state index contributed by atoms with van der Waals surface area (Å²) in [5, 5.41) is 20.8. The van der Waals surface area contributed by atoms with E-state index in [9.17, 15) is 19.8 Å². The molecular weight excluding hydrogens is 420 g/mol. The number of benzene rings is 2. The number of ketones is 1. The molecule has 174 valence electrons. The lowest BCUT2D eigenvalue weighted by Crippen LogP contribution is -2.38. The van der Waals surface area contributed by atoms with Gasteiger partial charge in [0, 0.05) is 18.7 Å². The van der Waals surface area contributed by atoms with Gasteiger partial charge in [-0.25, -0.2) is 0 Å². The van der Waals surface area contributed by atoms with Crippen LogP contribution in [-0.2, 0) is 9.59 Å². The van der Waals surface area contributed by atoms with Crippen LogP contribution in [0.2, 0.25) is 0 Å². The van der Waals surface area contributed by atoms with Crippen LogP contribution in [0.15, 0.2) is 66.8 Å². The maximum atomic E-state index is 13.1. The summed E-state index contributed by atoms with van der Waals surface area (Å²) < 4.78 is 5.47. The summed E-state index contributed by atoms with van der Waals surface area (Å²) in [5.74, 6) is -0.938. The molecule has 7 heteroatoms. The smallest absolute Gasteiger partial charge is 0.295 e. The molecule has 2 aromatic carbocycles. The van der Waals surface area contributed by atoms with Crippen molar-refractivity contribution in [1.29, 1.82) is 0 Å². The van der Waals surface area contributed by atoms with E-state index in [0.29, 0.717) is 36.6 Å². The van der Waals surface area contributed by atoms with Gasteiger partial charge in [-0.05, 0) is 55.1 Å². The number of rotatable bonds is 10. The SMILES string of the molecule is C=CCOc1ccc(/C(O)=C2\C(=O)C(=O)N(CCN(CC)CC)[C@H]2c2ccc(O)cc2)cc1. The van der Waals surface area contributed by atoms with Crippen molar-refractivity contribution in [3.63, 3.8) is 0 Å². The second-order valence-corrected chi connectivity index (χ2v) is 7.73. The van der Waals surface area contributed by atoms with E-state index in [1.54, 1.807) is 42.5 Å². The van der Waals surface area contributed by atoms with Crippen LogP contribution < -0.4 is 4.74 Å². The Kier molecular flexibility index (Phi) is 7.90. The summed E-state index contributed by atoms with van der Waals surface area (Å²) in [6, 6.07) is 12.2. The molecule has 0 bridgehead atoms. The Labute approximate surface area is 194 Å². The highest BCUT2D eigenvalue weighted by Gasteiger charge is 2.45. The number of aliphatic hydroxyl groups excluding tert-OH is 1. The molecule has 1 saturated heterocycles. The predicted molar refractivity (Wildman–Crippen MR) is 127 cm³/mol. The third kappa shape index (κ3) is 5.26. The number of nitrogens with zero attached hydrogens (tertiary/aromatic N) is 2. The normalized spacial score (nSPS) is 17.5. The highest BCUT2D eigenvalue weighted by molar-refractivity contribution is 6.46. The highest BCUT2D eigenvalue weighted by Crippen LogP contribution is 2.39. The molecule has 1 amide bonds. The van der Waals surface area contributed by atoms with Crippen LogP contribution in [0.5, 0.6) is 11.5 Å². The van der Waals surface area contributed by atoms with Gasteiger partial charge in [0.15, 0.2) is 0 Å². The molecule has 0 aliphatic carbocycles. The fourth-order valence-electron chi connectivity index (χ4n) is 3.92. The summed E-state index contributed by atoms with van der Waals surface area (Å²) in [5.41, 5.74) is 1.08. The molecular formula is C26H30N2O5. The molecule has 3 rings (SSSR count). The number of carbonyl (C=O) groups excluding carboxylic acids is 2. The van der Waals surface area contributed by atoms with Gasteiger partial charge in [0.2, 0.25) is 0 Å². The summed E-state index contributed by atoms with van der Waals surface area (Å²) in [7, 11) is 0. The maximum absolute atomic E-state index is 13.1. The van der Waals surface area contributed by atoms with E-state index >= 15 is 0 Å². The molecule has 1 atom stereocenters. The van der Waals surface area contributed by atoms with Crippen molar-refractivity contribution in [3.8, 4) is 11.5 Å². The van der Waals surface area contributed by atoms with E-state index in [1.165, 1.54) is 17.0 Å². The number of likely N-dealkylation sites (N-methyl/N-ethyl adjacent to an activating group) is 1. The molecule has 0 unspecified atom stereocenters. The van der Waals surface area contributed by atoms with E-state index in [1.807, 2.05) is 13.8 Å². The second kappa shape index (κ2) is 10.8. The van der Waals surface area contributed by atoms with E-state index in [2.05, 4.69) is 11.5 Å². The van der Waals surface area contributed by atoms with Crippen molar-refractivity contribution >= 4 is 17.4 Å². The quantitative estimate of drug-likeness (QED) is 0.248. The third-order valence-corrected chi connectivity index (χ3v) is 5.80. The van der Waals surface area contributed by atoms with Crippen molar-refractivity contribution < 1.29 is 24.5 Å². The Balaban J connectivity index is 2.03. The van der Waals surface area contributed by atoms with Gasteiger partial charge in [0.1, 0.15) is 23.9 Å². The lowest BCUT2D eigenvalue weighted by atomic mass is 9.95. The van der Waals surface area contributed by atoms with Gasteiger partial charge in [-0.1, -0.05) is 38.6 Å². The number of aliphatic hydroxyl groups is 1. The van der Waals surface area contributed by atoms with Crippen LogP contribution >= 0.6 is 0 Å². The minimum Gasteiger partial charge on any atom is -0.508 e. The number of likely N-dealkylation sites (tertiary alicyclic amines) is 1. The van der Waals surface area contributed by atoms with E-state index in [0.717, 1.165) is 13.1 Å². The average Bonchev–Trinajstić information content (AvgIpc) is 3.08. The number of ether oxygens (including phenoxy) is 1. The van der Waals surface area contributed by atoms with Crippen LogP contribution in [0.1, 0.15) is 31.0 Å². The molecule has 2 N–H and O–H groups in total. The van der Waals surface area contributed by atoms with Crippen LogP contribution in [0, 0.1) is 0 Å². The lowest BCUT2D eigenvalue weighted by Gasteiger charge is -2.28. The molecule has 33 heavy (non-hydrogen) atoms. The minimum absolute atomic E-state index is 0.0324. The number of Topliss-reactive ketones (excluding diaryl/α,β-unsaturated/α-hetero) is 1. The molecule has 1 aliphatic rings. The van der Waals surface area contributed by atoms with Crippen molar-refractivity contribution in [1.82, 2.24) is 9.80 Å². The lowest BCUT2D eigenvalue weighted by molar-refractivity contribution is -0.140. The predicted octanol–water partition coefficient (Wildman–Crippen LogP) is 3.72. The van der Waals surface area contributed by atoms with Gasteiger partial charge in [-0.15, -0.1) is 0 Å². The maximum Gasteiger partial charge on any atom is 0.295 e. The van der Waals surface area contributed by atoms with Crippen LogP contribution in [-0.4, -0.2) is 64.5 Å². The van der Waals surface area contributed by atoms with E-state index in [4.69, 9.17) is 4.74 Å². The number of carbonyl (C=O) groups is 2. The van der Waals surface area contributed by atoms with E-state index < -0.39 is 17.7 Å². The largest absolute Gasteiger partial charge is 0.508 e. The van der Waals surface area contributed by atoms with Crippen molar-refractivity contribution in [2.45, 2.75) is 19.9 Å². The second-order valence-electron chi connectivity index (χ2n) is 7.73. The molecule has 1 aliphatic heterocycles. The zero-order valence-corrected chi connectivity index (χ0v) is 19.0.